The van der Waals surface area contributed by atoms with E-state index in [1.807, 2.05) is 33.8 Å². The van der Waals surface area contributed by atoms with Gasteiger partial charge in [0.05, 0.1) is 10.6 Å². The minimum atomic E-state index is 0.130. The van der Waals surface area contributed by atoms with E-state index in [4.69, 9.17) is 4.42 Å². The highest BCUT2D eigenvalue weighted by Crippen LogP contribution is 2.35. The van der Waals surface area contributed by atoms with E-state index in [1.54, 1.807) is 21.6 Å². The molecule has 0 radical (unpaired) electrons. The summed E-state index contributed by atoms with van der Waals surface area (Å²) in [4.78, 5) is 12.5. The predicted molar refractivity (Wildman–Crippen MR) is 66.3 cm³/mol. The fourth-order valence-corrected chi connectivity index (χ4v) is 3.42. The molecule has 0 aliphatic carbocycles. The average Bonchev–Trinajstić information content (AvgIpc) is 2.45. The maximum atomic E-state index is 11.4. The molecule has 0 spiro atoms. The van der Waals surface area contributed by atoms with Gasteiger partial charge in [-0.3, -0.25) is 4.79 Å². The number of carbonyl (C=O) groups excluding carboxylic acids is 1. The minimum Gasteiger partial charge on any atom is -0.465 e. The molecule has 0 saturated heterocycles. The zero-order valence-corrected chi connectivity index (χ0v) is 11.1. The van der Waals surface area contributed by atoms with Crippen LogP contribution in [0.5, 0.6) is 0 Å². The van der Waals surface area contributed by atoms with E-state index in [9.17, 15) is 4.79 Å². The highest BCUT2D eigenvalue weighted by Gasteiger charge is 2.10. The fraction of sp³-hybridized carbons (Fsp3) is 0.545. The van der Waals surface area contributed by atoms with Crippen LogP contribution in [0.25, 0.3) is 0 Å². The van der Waals surface area contributed by atoms with Crippen molar-refractivity contribution in [2.75, 3.05) is 5.75 Å². The van der Waals surface area contributed by atoms with E-state index < -0.39 is 0 Å². The number of aryl methyl sites for hydroxylation is 2. The van der Waals surface area contributed by atoms with E-state index in [0.29, 0.717) is 11.5 Å². The normalized spacial score (nSPS) is 11.0. The van der Waals surface area contributed by atoms with Gasteiger partial charge < -0.3 is 4.42 Å². The van der Waals surface area contributed by atoms with Crippen molar-refractivity contribution in [3.05, 3.63) is 17.6 Å². The Labute approximate surface area is 98.6 Å². The first-order chi connectivity index (χ1) is 7.00. The lowest BCUT2D eigenvalue weighted by molar-refractivity contribution is -0.119. The van der Waals surface area contributed by atoms with Crippen LogP contribution in [0.2, 0.25) is 0 Å². The molecule has 0 aliphatic rings. The van der Waals surface area contributed by atoms with Gasteiger partial charge in [-0.05, 0) is 19.9 Å². The third-order valence-corrected chi connectivity index (χ3v) is 4.34. The maximum absolute atomic E-state index is 11.4. The van der Waals surface area contributed by atoms with E-state index >= 15 is 0 Å². The third kappa shape index (κ3) is 3.95. The van der Waals surface area contributed by atoms with Gasteiger partial charge in [-0.2, -0.15) is 0 Å². The van der Waals surface area contributed by atoms with Crippen molar-refractivity contribution in [1.29, 1.82) is 0 Å². The van der Waals surface area contributed by atoms with E-state index in [2.05, 4.69) is 0 Å². The summed E-state index contributed by atoms with van der Waals surface area (Å²) in [6.07, 6.45) is 0. The van der Waals surface area contributed by atoms with Crippen molar-refractivity contribution in [3.8, 4) is 0 Å². The van der Waals surface area contributed by atoms with Gasteiger partial charge in [-0.1, -0.05) is 35.4 Å². The summed E-state index contributed by atoms with van der Waals surface area (Å²) in [5.74, 6) is 2.84. The quantitative estimate of drug-likeness (QED) is 0.736. The summed E-state index contributed by atoms with van der Waals surface area (Å²) in [5.41, 5.74) is 0. The van der Waals surface area contributed by atoms with Crippen LogP contribution in [0.4, 0.5) is 0 Å². The molecule has 2 nitrogen and oxygen atoms in total. The SMILES string of the molecule is Cc1cc(SSCC(=O)C(C)C)c(C)o1. The third-order valence-electron chi connectivity index (χ3n) is 1.99. The molecule has 15 heavy (non-hydrogen) atoms. The molecule has 0 N–H and O–H groups in total. The number of hydrogen-bond donors (Lipinski definition) is 0. The molecule has 0 aliphatic heterocycles. The van der Waals surface area contributed by atoms with E-state index in [-0.39, 0.29) is 5.92 Å². The smallest absolute Gasteiger partial charge is 0.146 e. The second kappa shape index (κ2) is 5.66. The summed E-state index contributed by atoms with van der Waals surface area (Å²) in [5, 5.41) is 0. The van der Waals surface area contributed by atoms with Crippen molar-refractivity contribution < 1.29 is 9.21 Å². The summed E-state index contributed by atoms with van der Waals surface area (Å²) < 4.78 is 5.40. The van der Waals surface area contributed by atoms with Gasteiger partial charge in [0.2, 0.25) is 0 Å². The molecular weight excluding hydrogens is 228 g/mol. The van der Waals surface area contributed by atoms with Gasteiger partial charge in [-0.25, -0.2) is 0 Å². The van der Waals surface area contributed by atoms with Gasteiger partial charge in [-0.15, -0.1) is 0 Å². The average molecular weight is 244 g/mol. The van der Waals surface area contributed by atoms with Crippen molar-refractivity contribution >= 4 is 27.4 Å². The Hall–Kier alpha value is -0.350. The number of furan rings is 1. The number of carbonyl (C=O) groups is 1. The summed E-state index contributed by atoms with van der Waals surface area (Å²) in [6.45, 7) is 7.74. The molecule has 4 heteroatoms. The van der Waals surface area contributed by atoms with E-state index in [0.717, 1.165) is 16.4 Å². The maximum Gasteiger partial charge on any atom is 0.146 e. The predicted octanol–water partition coefficient (Wildman–Crippen LogP) is 3.86. The molecule has 1 aromatic heterocycles. The summed E-state index contributed by atoms with van der Waals surface area (Å²) >= 11 is 0. The van der Waals surface area contributed by atoms with Gasteiger partial charge in [0.25, 0.3) is 0 Å². The van der Waals surface area contributed by atoms with Crippen LogP contribution >= 0.6 is 21.6 Å². The Morgan fingerprint density at radius 1 is 1.47 bits per heavy atom. The largest absolute Gasteiger partial charge is 0.465 e. The molecule has 0 unspecified atom stereocenters. The fourth-order valence-electron chi connectivity index (χ4n) is 1.01. The Bertz CT molecular complexity index is 342. The highest BCUT2D eigenvalue weighted by molar-refractivity contribution is 8.76. The summed E-state index contributed by atoms with van der Waals surface area (Å²) in [6, 6.07) is 2.01. The molecule has 0 bridgehead atoms. The van der Waals surface area contributed by atoms with Gasteiger partial charge in [0.1, 0.15) is 17.3 Å². The molecule has 1 heterocycles. The minimum absolute atomic E-state index is 0.130. The monoisotopic (exact) mass is 244 g/mol. The van der Waals surface area contributed by atoms with Crippen molar-refractivity contribution in [2.45, 2.75) is 32.6 Å². The van der Waals surface area contributed by atoms with Crippen LogP contribution in [0.3, 0.4) is 0 Å². The molecule has 0 fully saturated rings. The van der Waals surface area contributed by atoms with Crippen LogP contribution in [0, 0.1) is 19.8 Å². The molecule has 84 valence electrons. The number of hydrogen-bond acceptors (Lipinski definition) is 4. The van der Waals surface area contributed by atoms with Crippen molar-refractivity contribution in [3.63, 3.8) is 0 Å². The lowest BCUT2D eigenvalue weighted by atomic mass is 10.1. The Morgan fingerprint density at radius 2 is 2.13 bits per heavy atom. The first kappa shape index (κ1) is 12.7. The molecule has 0 aromatic carbocycles. The summed E-state index contributed by atoms with van der Waals surface area (Å²) in [7, 11) is 3.19. The second-order valence-electron chi connectivity index (χ2n) is 3.74. The topological polar surface area (TPSA) is 30.2 Å². The van der Waals surface area contributed by atoms with Crippen LogP contribution < -0.4 is 0 Å². The van der Waals surface area contributed by atoms with Crippen LogP contribution in [-0.2, 0) is 4.79 Å². The Morgan fingerprint density at radius 3 is 2.60 bits per heavy atom. The molecule has 1 rings (SSSR count). The number of Topliss-reactive ketones (excluding diaryl/α,β-unsaturated/α-hetero) is 1. The van der Waals surface area contributed by atoms with Gasteiger partial charge in [0.15, 0.2) is 0 Å². The second-order valence-corrected chi connectivity index (χ2v) is 6.08. The van der Waals surface area contributed by atoms with Gasteiger partial charge in [0, 0.05) is 5.92 Å². The number of rotatable bonds is 5. The lowest BCUT2D eigenvalue weighted by Crippen LogP contribution is -2.08. The van der Waals surface area contributed by atoms with Crippen molar-refractivity contribution in [1.82, 2.24) is 0 Å². The zero-order chi connectivity index (χ0) is 11.4. The van der Waals surface area contributed by atoms with E-state index in [1.165, 1.54) is 0 Å². The van der Waals surface area contributed by atoms with Crippen LogP contribution in [0.1, 0.15) is 25.4 Å². The van der Waals surface area contributed by atoms with Crippen LogP contribution in [0.15, 0.2) is 15.4 Å². The Balaban J connectivity index is 2.38. The lowest BCUT2D eigenvalue weighted by Gasteiger charge is -2.02. The van der Waals surface area contributed by atoms with Crippen molar-refractivity contribution in [2.24, 2.45) is 5.92 Å². The molecule has 0 saturated carbocycles. The standard InChI is InChI=1S/C11H16O2S2/c1-7(2)10(12)6-14-15-11-5-8(3)13-9(11)4/h5,7H,6H2,1-4H3. The molecule has 0 atom stereocenters. The first-order valence-corrected chi connectivity index (χ1v) is 7.22. The Kier molecular flexibility index (Phi) is 4.80. The molecule has 0 amide bonds. The molecule has 1 aromatic rings. The van der Waals surface area contributed by atoms with Gasteiger partial charge >= 0.3 is 0 Å². The highest BCUT2D eigenvalue weighted by atomic mass is 33.1. The number of ketones is 1. The first-order valence-electron chi connectivity index (χ1n) is 4.90. The van der Waals surface area contributed by atoms with Crippen LogP contribution in [-0.4, -0.2) is 11.5 Å². The zero-order valence-electron chi connectivity index (χ0n) is 9.49. The molecular formula is C11H16O2S2.